The molecule has 5 heteroatoms. The van der Waals surface area contributed by atoms with Crippen LogP contribution < -0.4 is 10.4 Å². The first kappa shape index (κ1) is 13.4. The standard InChI is InChI=1S/C16H16N2O3/c1-10-8-14(19)21-16-15(10)11(2)18(17-16)9-12-4-6-13(20-3)7-5-12/h4-8H,9H2,1-3H3. The fraction of sp³-hybridized carbons (Fsp3) is 0.250. The van der Waals surface area contributed by atoms with Crippen LogP contribution in [0.15, 0.2) is 39.5 Å². The quantitative estimate of drug-likeness (QED) is 0.742. The molecule has 5 nitrogen and oxygen atoms in total. The minimum atomic E-state index is -0.367. The number of methoxy groups -OCH3 is 1. The van der Waals surface area contributed by atoms with Crippen molar-refractivity contribution < 1.29 is 9.15 Å². The zero-order valence-electron chi connectivity index (χ0n) is 12.2. The highest BCUT2D eigenvalue weighted by Gasteiger charge is 2.13. The molecular formula is C16H16N2O3. The van der Waals surface area contributed by atoms with Crippen molar-refractivity contribution in [2.45, 2.75) is 20.4 Å². The normalized spacial score (nSPS) is 11.0. The number of benzene rings is 1. The zero-order valence-corrected chi connectivity index (χ0v) is 12.2. The molecule has 0 aliphatic rings. The van der Waals surface area contributed by atoms with Crippen LogP contribution in [0.1, 0.15) is 16.8 Å². The Morgan fingerprint density at radius 1 is 1.24 bits per heavy atom. The Morgan fingerprint density at radius 3 is 2.62 bits per heavy atom. The molecule has 0 radical (unpaired) electrons. The molecule has 2 aromatic heterocycles. The van der Waals surface area contributed by atoms with Crippen LogP contribution in [0, 0.1) is 13.8 Å². The number of hydrogen-bond donors (Lipinski definition) is 0. The van der Waals surface area contributed by atoms with E-state index in [-0.39, 0.29) is 5.63 Å². The molecule has 3 aromatic rings. The summed E-state index contributed by atoms with van der Waals surface area (Å²) in [4.78, 5) is 11.4. The lowest BCUT2D eigenvalue weighted by molar-refractivity contribution is 0.414. The van der Waals surface area contributed by atoms with Crippen molar-refractivity contribution in [2.75, 3.05) is 7.11 Å². The van der Waals surface area contributed by atoms with Crippen molar-refractivity contribution in [3.05, 3.63) is 57.6 Å². The highest BCUT2D eigenvalue weighted by atomic mass is 16.5. The molecule has 0 amide bonds. The highest BCUT2D eigenvalue weighted by molar-refractivity contribution is 5.79. The first-order valence-corrected chi connectivity index (χ1v) is 6.69. The van der Waals surface area contributed by atoms with Crippen LogP contribution in [0.2, 0.25) is 0 Å². The van der Waals surface area contributed by atoms with Gasteiger partial charge in [-0.05, 0) is 37.1 Å². The van der Waals surface area contributed by atoms with E-state index in [1.54, 1.807) is 7.11 Å². The Kier molecular flexibility index (Phi) is 3.25. The minimum absolute atomic E-state index is 0.367. The molecular weight excluding hydrogens is 268 g/mol. The smallest absolute Gasteiger partial charge is 0.337 e. The van der Waals surface area contributed by atoms with Gasteiger partial charge in [0.05, 0.1) is 19.0 Å². The summed E-state index contributed by atoms with van der Waals surface area (Å²) in [5.41, 5.74) is 3.01. The molecule has 0 bridgehead atoms. The molecule has 0 N–H and O–H groups in total. The van der Waals surface area contributed by atoms with Crippen molar-refractivity contribution >= 4 is 11.1 Å². The van der Waals surface area contributed by atoms with E-state index in [2.05, 4.69) is 5.10 Å². The lowest BCUT2D eigenvalue weighted by atomic mass is 10.2. The average Bonchev–Trinajstić information content (AvgIpc) is 2.76. The topological polar surface area (TPSA) is 57.3 Å². The largest absolute Gasteiger partial charge is 0.497 e. The molecule has 0 atom stereocenters. The number of aryl methyl sites for hydroxylation is 2. The van der Waals surface area contributed by atoms with Crippen molar-refractivity contribution in [2.24, 2.45) is 0 Å². The monoisotopic (exact) mass is 284 g/mol. The summed E-state index contributed by atoms with van der Waals surface area (Å²) in [5, 5.41) is 5.30. The van der Waals surface area contributed by atoms with Gasteiger partial charge in [0.2, 0.25) is 5.71 Å². The number of nitrogens with zero attached hydrogens (tertiary/aromatic N) is 2. The number of aromatic nitrogens is 2. The first-order chi connectivity index (χ1) is 10.1. The molecule has 0 aliphatic heterocycles. The molecule has 0 saturated heterocycles. The molecule has 2 heterocycles. The molecule has 21 heavy (non-hydrogen) atoms. The summed E-state index contributed by atoms with van der Waals surface area (Å²) in [6, 6.07) is 9.31. The van der Waals surface area contributed by atoms with E-state index in [1.165, 1.54) is 6.07 Å². The van der Waals surface area contributed by atoms with Gasteiger partial charge in [-0.25, -0.2) is 4.79 Å². The molecule has 0 fully saturated rings. The van der Waals surface area contributed by atoms with Gasteiger partial charge in [0, 0.05) is 11.8 Å². The number of ether oxygens (including phenoxy) is 1. The lowest BCUT2D eigenvalue weighted by Crippen LogP contribution is -2.03. The first-order valence-electron chi connectivity index (χ1n) is 6.69. The maximum atomic E-state index is 11.4. The lowest BCUT2D eigenvalue weighted by Gasteiger charge is -2.05. The van der Waals surface area contributed by atoms with E-state index in [9.17, 15) is 4.79 Å². The van der Waals surface area contributed by atoms with Gasteiger partial charge in [-0.2, -0.15) is 0 Å². The molecule has 0 unspecified atom stereocenters. The SMILES string of the molecule is COc1ccc(Cn2nc3oc(=O)cc(C)c3c2C)cc1. The molecule has 0 saturated carbocycles. The van der Waals surface area contributed by atoms with E-state index in [4.69, 9.17) is 9.15 Å². The summed E-state index contributed by atoms with van der Waals surface area (Å²) >= 11 is 0. The van der Waals surface area contributed by atoms with Gasteiger partial charge < -0.3 is 9.15 Å². The Morgan fingerprint density at radius 2 is 1.95 bits per heavy atom. The zero-order chi connectivity index (χ0) is 15.0. The van der Waals surface area contributed by atoms with Gasteiger partial charge in [-0.3, -0.25) is 4.68 Å². The molecule has 1 aromatic carbocycles. The van der Waals surface area contributed by atoms with E-state index in [1.807, 2.05) is 42.8 Å². The molecule has 0 aliphatic carbocycles. The summed E-state index contributed by atoms with van der Waals surface area (Å²) in [7, 11) is 1.64. The maximum Gasteiger partial charge on any atom is 0.337 e. The predicted octanol–water partition coefficient (Wildman–Crippen LogP) is 2.66. The second-order valence-corrected chi connectivity index (χ2v) is 5.02. The van der Waals surface area contributed by atoms with Crippen LogP contribution >= 0.6 is 0 Å². The Labute approximate surface area is 121 Å². The third-order valence-corrected chi connectivity index (χ3v) is 3.59. The van der Waals surface area contributed by atoms with Gasteiger partial charge >= 0.3 is 5.63 Å². The van der Waals surface area contributed by atoms with E-state index < -0.39 is 0 Å². The van der Waals surface area contributed by atoms with Gasteiger partial charge in [0.15, 0.2) is 0 Å². The number of fused-ring (bicyclic) bond motifs is 1. The number of hydrogen-bond acceptors (Lipinski definition) is 4. The van der Waals surface area contributed by atoms with Gasteiger partial charge in [-0.1, -0.05) is 12.1 Å². The van der Waals surface area contributed by atoms with Crippen LogP contribution in [0.3, 0.4) is 0 Å². The van der Waals surface area contributed by atoms with Crippen molar-refractivity contribution in [1.29, 1.82) is 0 Å². The Hall–Kier alpha value is -2.56. The van der Waals surface area contributed by atoms with Crippen molar-refractivity contribution in [3.63, 3.8) is 0 Å². The van der Waals surface area contributed by atoms with E-state index >= 15 is 0 Å². The fourth-order valence-corrected chi connectivity index (χ4v) is 2.48. The van der Waals surface area contributed by atoms with Gasteiger partial charge in [0.25, 0.3) is 0 Å². The summed E-state index contributed by atoms with van der Waals surface area (Å²) in [6.07, 6.45) is 0. The summed E-state index contributed by atoms with van der Waals surface area (Å²) in [5.74, 6) is 0.822. The molecule has 0 spiro atoms. The maximum absolute atomic E-state index is 11.4. The third-order valence-electron chi connectivity index (χ3n) is 3.59. The van der Waals surface area contributed by atoms with Crippen molar-refractivity contribution in [1.82, 2.24) is 9.78 Å². The highest BCUT2D eigenvalue weighted by Crippen LogP contribution is 2.21. The second kappa shape index (κ2) is 5.09. The van der Waals surface area contributed by atoms with Gasteiger partial charge in [-0.15, -0.1) is 5.10 Å². The average molecular weight is 284 g/mol. The number of rotatable bonds is 3. The van der Waals surface area contributed by atoms with Crippen LogP contribution in [-0.2, 0) is 6.54 Å². The predicted molar refractivity (Wildman–Crippen MR) is 79.8 cm³/mol. The van der Waals surface area contributed by atoms with E-state index in [0.717, 1.165) is 28.0 Å². The minimum Gasteiger partial charge on any atom is -0.497 e. The van der Waals surface area contributed by atoms with Crippen LogP contribution in [0.25, 0.3) is 11.1 Å². The Bertz CT molecular complexity index is 844. The van der Waals surface area contributed by atoms with Crippen LogP contribution in [0.4, 0.5) is 0 Å². The molecule has 3 rings (SSSR count). The summed E-state index contributed by atoms with van der Waals surface area (Å²) < 4.78 is 12.2. The van der Waals surface area contributed by atoms with Crippen LogP contribution in [0.5, 0.6) is 5.75 Å². The van der Waals surface area contributed by atoms with Crippen LogP contribution in [-0.4, -0.2) is 16.9 Å². The Balaban J connectivity index is 2.02. The van der Waals surface area contributed by atoms with Gasteiger partial charge in [0.1, 0.15) is 5.75 Å². The summed E-state index contributed by atoms with van der Waals surface area (Å²) in [6.45, 7) is 4.49. The van der Waals surface area contributed by atoms with Crippen molar-refractivity contribution in [3.8, 4) is 5.75 Å². The fourth-order valence-electron chi connectivity index (χ4n) is 2.48. The molecule has 108 valence electrons. The van der Waals surface area contributed by atoms with E-state index in [0.29, 0.717) is 12.3 Å². The second-order valence-electron chi connectivity index (χ2n) is 5.02. The third kappa shape index (κ3) is 2.42.